The van der Waals surface area contributed by atoms with Crippen LogP contribution in [0.1, 0.15) is 39.0 Å². The van der Waals surface area contributed by atoms with E-state index in [-0.39, 0.29) is 18.0 Å². The Morgan fingerprint density at radius 1 is 1.23 bits per heavy atom. The Bertz CT molecular complexity index is 1270. The molecule has 3 aromatic rings. The maximum atomic E-state index is 13.2. The monoisotopic (exact) mass is 499 g/mol. The third-order valence-electron chi connectivity index (χ3n) is 6.30. The summed E-state index contributed by atoms with van der Waals surface area (Å²) in [5, 5.41) is 3.28. The molecule has 1 fully saturated rings. The average molecular weight is 500 g/mol. The molecule has 1 aliphatic rings. The number of carbonyl (C=O) groups is 2. The van der Waals surface area contributed by atoms with Gasteiger partial charge in [-0.1, -0.05) is 43.5 Å². The second-order valence-corrected chi connectivity index (χ2v) is 9.08. The van der Waals surface area contributed by atoms with Crippen molar-refractivity contribution in [1.82, 2.24) is 19.3 Å². The number of nitrogens with zero attached hydrogens (tertiary/aromatic N) is 4. The van der Waals surface area contributed by atoms with E-state index in [4.69, 9.17) is 16.6 Å². The van der Waals surface area contributed by atoms with Crippen molar-refractivity contribution in [3.63, 3.8) is 0 Å². The summed E-state index contributed by atoms with van der Waals surface area (Å²) in [6.45, 7) is 3.24. The van der Waals surface area contributed by atoms with Gasteiger partial charge in [-0.25, -0.2) is 4.98 Å². The van der Waals surface area contributed by atoms with Gasteiger partial charge in [0.2, 0.25) is 11.7 Å². The highest BCUT2D eigenvalue weighted by Gasteiger charge is 2.33. The number of aryl methyl sites for hydroxylation is 1. The number of esters is 1. The van der Waals surface area contributed by atoms with Crippen molar-refractivity contribution in [2.45, 2.75) is 51.6 Å². The van der Waals surface area contributed by atoms with Crippen LogP contribution in [0.2, 0.25) is 5.02 Å². The zero-order valence-electron chi connectivity index (χ0n) is 20.0. The predicted molar refractivity (Wildman–Crippen MR) is 135 cm³/mol. The van der Waals surface area contributed by atoms with Crippen molar-refractivity contribution in [3.8, 4) is 11.3 Å². The van der Waals surface area contributed by atoms with Gasteiger partial charge < -0.3 is 15.0 Å². The van der Waals surface area contributed by atoms with Crippen LogP contribution in [0.3, 0.4) is 0 Å². The minimum atomic E-state index is -0.507. The zero-order valence-corrected chi connectivity index (χ0v) is 20.8. The van der Waals surface area contributed by atoms with E-state index in [1.54, 1.807) is 28.8 Å². The molecular weight excluding hydrogens is 470 g/mol. The van der Waals surface area contributed by atoms with Gasteiger partial charge in [0.1, 0.15) is 18.4 Å². The van der Waals surface area contributed by atoms with Gasteiger partial charge in [0.15, 0.2) is 0 Å². The Kier molecular flexibility index (Phi) is 7.75. The highest BCUT2D eigenvalue weighted by Crippen LogP contribution is 2.28. The highest BCUT2D eigenvalue weighted by molar-refractivity contribution is 6.30. The first kappa shape index (κ1) is 24.8. The molecule has 0 aliphatic carbocycles. The highest BCUT2D eigenvalue weighted by atomic mass is 35.5. The number of nitrogens with one attached hydrogen (secondary N) is 1. The molecule has 0 spiro atoms. The molecule has 1 aromatic carbocycles. The largest absolute Gasteiger partial charge is 0.468 e. The van der Waals surface area contributed by atoms with E-state index in [1.807, 2.05) is 21.6 Å². The van der Waals surface area contributed by atoms with Gasteiger partial charge in [-0.15, -0.1) is 0 Å². The van der Waals surface area contributed by atoms with Crippen molar-refractivity contribution in [2.75, 3.05) is 25.1 Å². The molecule has 3 heterocycles. The zero-order chi connectivity index (χ0) is 24.9. The van der Waals surface area contributed by atoms with Gasteiger partial charge in [-0.2, -0.15) is 0 Å². The Balaban J connectivity index is 1.75. The smallest absolute Gasteiger partial charge is 0.325 e. The first-order valence-electron chi connectivity index (χ1n) is 11.9. The molecule has 10 heteroatoms. The molecule has 9 nitrogen and oxygen atoms in total. The number of imidazole rings is 1. The molecule has 4 rings (SSSR count). The molecule has 1 saturated heterocycles. The van der Waals surface area contributed by atoms with Crippen molar-refractivity contribution in [1.29, 1.82) is 0 Å². The van der Waals surface area contributed by atoms with Gasteiger partial charge in [0.25, 0.3) is 5.56 Å². The molecule has 1 N–H and O–H groups in total. The summed E-state index contributed by atoms with van der Waals surface area (Å²) < 4.78 is 8.21. The third kappa shape index (κ3) is 5.35. The summed E-state index contributed by atoms with van der Waals surface area (Å²) in [5.41, 5.74) is 1.32. The number of carbonyl (C=O) groups excluding carboxylic acids is 2. The van der Waals surface area contributed by atoms with Crippen LogP contribution in [0.4, 0.5) is 5.82 Å². The van der Waals surface area contributed by atoms with Crippen LogP contribution in [0.25, 0.3) is 17.0 Å². The van der Waals surface area contributed by atoms with E-state index in [9.17, 15) is 14.4 Å². The summed E-state index contributed by atoms with van der Waals surface area (Å²) in [6.07, 6.45) is 6.18. The number of methoxy groups -OCH3 is 1. The van der Waals surface area contributed by atoms with E-state index < -0.39 is 12.0 Å². The number of halogens is 1. The summed E-state index contributed by atoms with van der Waals surface area (Å²) in [6, 6.07) is 8.43. The second-order valence-electron chi connectivity index (χ2n) is 8.65. The summed E-state index contributed by atoms with van der Waals surface area (Å²) in [5.74, 6) is 0.440. The molecule has 0 bridgehead atoms. The molecule has 1 atom stereocenters. The molecule has 186 valence electrons. The standard InChI is InChI=1S/C25H30ClN5O4/c1-3-4-5-12-30-21(29-13-6-7-20(29)24(34)27-15-23(33)35-2)14-22(32)31-16-19(28-25(30)31)17-8-10-18(26)11-9-17/h8-11,14,16,20H,3-7,12-13,15H2,1-2H3,(H,27,34)/t20-/m0/s1. The van der Waals surface area contributed by atoms with Crippen LogP contribution in [0.15, 0.2) is 41.3 Å². The number of rotatable bonds is 9. The van der Waals surface area contributed by atoms with Gasteiger partial charge in [-0.05, 0) is 31.4 Å². The normalized spacial score (nSPS) is 15.5. The Hall–Kier alpha value is -3.33. The number of fused-ring (bicyclic) bond motifs is 1. The summed E-state index contributed by atoms with van der Waals surface area (Å²) in [4.78, 5) is 44.3. The van der Waals surface area contributed by atoms with E-state index in [0.717, 1.165) is 31.2 Å². The predicted octanol–water partition coefficient (Wildman–Crippen LogP) is 3.26. The van der Waals surface area contributed by atoms with Gasteiger partial charge in [0.05, 0.1) is 12.8 Å². The molecular formula is C25H30ClN5O4. The summed E-state index contributed by atoms with van der Waals surface area (Å²) in [7, 11) is 1.28. The molecule has 2 aromatic heterocycles. The fourth-order valence-corrected chi connectivity index (χ4v) is 4.60. The molecule has 35 heavy (non-hydrogen) atoms. The van der Waals surface area contributed by atoms with E-state index in [0.29, 0.717) is 41.8 Å². The lowest BCUT2D eigenvalue weighted by Crippen LogP contribution is -2.46. The summed E-state index contributed by atoms with van der Waals surface area (Å²) >= 11 is 6.04. The van der Waals surface area contributed by atoms with Crippen LogP contribution >= 0.6 is 11.6 Å². The number of unbranched alkanes of at least 4 members (excludes halogenated alkanes) is 2. The number of anilines is 1. The number of benzene rings is 1. The maximum absolute atomic E-state index is 13.2. The van der Waals surface area contributed by atoms with Crippen LogP contribution in [0.5, 0.6) is 0 Å². The number of ether oxygens (including phenoxy) is 1. The lowest BCUT2D eigenvalue weighted by molar-refractivity contribution is -0.141. The van der Waals surface area contributed by atoms with Crippen molar-refractivity contribution >= 4 is 35.1 Å². The molecule has 0 radical (unpaired) electrons. The molecule has 0 unspecified atom stereocenters. The van der Waals surface area contributed by atoms with Gasteiger partial charge in [-0.3, -0.25) is 23.4 Å². The van der Waals surface area contributed by atoms with Gasteiger partial charge >= 0.3 is 5.97 Å². The number of aromatic nitrogens is 3. The molecule has 1 amide bonds. The minimum Gasteiger partial charge on any atom is -0.468 e. The van der Waals surface area contributed by atoms with E-state index >= 15 is 0 Å². The number of hydrogen-bond acceptors (Lipinski definition) is 6. The van der Waals surface area contributed by atoms with E-state index in [2.05, 4.69) is 17.0 Å². The fraction of sp³-hybridized carbons (Fsp3) is 0.440. The van der Waals surface area contributed by atoms with Gasteiger partial charge in [0, 0.05) is 35.9 Å². The number of hydrogen-bond donors (Lipinski definition) is 1. The quantitative estimate of drug-likeness (QED) is 0.358. The second kappa shape index (κ2) is 10.9. The Morgan fingerprint density at radius 2 is 2.00 bits per heavy atom. The van der Waals surface area contributed by atoms with Crippen LogP contribution in [-0.2, 0) is 20.9 Å². The van der Waals surface area contributed by atoms with Crippen LogP contribution in [0, 0.1) is 0 Å². The maximum Gasteiger partial charge on any atom is 0.325 e. The van der Waals surface area contributed by atoms with Crippen molar-refractivity contribution in [2.24, 2.45) is 0 Å². The first-order valence-corrected chi connectivity index (χ1v) is 12.3. The molecule has 0 saturated carbocycles. The molecule has 1 aliphatic heterocycles. The minimum absolute atomic E-state index is 0.188. The SMILES string of the molecule is CCCCCn1c(N2CCC[C@H]2C(=O)NCC(=O)OC)cc(=O)n2cc(-c3ccc(Cl)cc3)nc12. The average Bonchev–Trinajstić information content (AvgIpc) is 3.52. The lowest BCUT2D eigenvalue weighted by Gasteiger charge is -2.29. The fourth-order valence-electron chi connectivity index (χ4n) is 4.48. The Labute approximate surface area is 208 Å². The third-order valence-corrected chi connectivity index (χ3v) is 6.56. The van der Waals surface area contributed by atoms with Crippen LogP contribution < -0.4 is 15.8 Å². The van der Waals surface area contributed by atoms with Crippen molar-refractivity contribution in [3.05, 3.63) is 51.9 Å². The topological polar surface area (TPSA) is 97.9 Å². The van der Waals surface area contributed by atoms with Crippen LogP contribution in [-0.4, -0.2) is 52.1 Å². The van der Waals surface area contributed by atoms with Crippen molar-refractivity contribution < 1.29 is 14.3 Å². The lowest BCUT2D eigenvalue weighted by atomic mass is 10.2. The van der Waals surface area contributed by atoms with E-state index in [1.165, 1.54) is 7.11 Å². The first-order chi connectivity index (χ1) is 16.9. The Morgan fingerprint density at radius 3 is 2.71 bits per heavy atom. The number of amides is 1.